The number of fused-ring (bicyclic) bond motifs is 1. The van der Waals surface area contributed by atoms with Gasteiger partial charge in [-0.15, -0.1) is 0 Å². The number of halogens is 3. The van der Waals surface area contributed by atoms with Crippen molar-refractivity contribution in [2.24, 2.45) is 0 Å². The molecule has 0 aliphatic rings. The van der Waals surface area contributed by atoms with E-state index in [1.807, 2.05) is 5.32 Å². The zero-order valence-corrected chi connectivity index (χ0v) is 16.3. The van der Waals surface area contributed by atoms with Gasteiger partial charge in [0.05, 0.1) is 29.3 Å². The third-order valence-electron chi connectivity index (χ3n) is 4.78. The molecule has 0 aliphatic heterocycles. The van der Waals surface area contributed by atoms with E-state index >= 15 is 8.78 Å². The summed E-state index contributed by atoms with van der Waals surface area (Å²) in [5.74, 6) is -7.31. The zero-order valence-electron chi connectivity index (χ0n) is 16.3. The lowest BCUT2D eigenvalue weighted by molar-refractivity contribution is -0.148. The molecule has 3 aromatic heterocycles. The summed E-state index contributed by atoms with van der Waals surface area (Å²) in [6, 6.07) is 2.26. The molecule has 11 heteroatoms. The van der Waals surface area contributed by atoms with Gasteiger partial charge in [0.15, 0.2) is 0 Å². The van der Waals surface area contributed by atoms with Crippen molar-refractivity contribution in [3.63, 3.8) is 0 Å². The molecule has 0 aromatic carbocycles. The number of rotatable bonds is 5. The Morgan fingerprint density at radius 3 is 2.71 bits per heavy atom. The van der Waals surface area contributed by atoms with E-state index in [4.69, 9.17) is 5.26 Å². The molecule has 0 saturated carbocycles. The molecule has 1 atom stereocenters. The molecule has 1 amide bonds. The Labute approximate surface area is 173 Å². The molecule has 0 aliphatic carbocycles. The van der Waals surface area contributed by atoms with E-state index in [2.05, 4.69) is 15.0 Å². The largest absolute Gasteiger partial charge is 0.394 e. The van der Waals surface area contributed by atoms with Gasteiger partial charge in [0, 0.05) is 23.5 Å². The first-order valence-electron chi connectivity index (χ1n) is 8.95. The normalized spacial score (nSPS) is 12.4. The van der Waals surface area contributed by atoms with Gasteiger partial charge in [-0.05, 0) is 31.5 Å². The van der Waals surface area contributed by atoms with Crippen molar-refractivity contribution >= 4 is 16.8 Å². The number of hydrogen-bond acceptors (Lipinski definition) is 6. The monoisotopic (exact) mass is 431 g/mol. The van der Waals surface area contributed by atoms with Crippen molar-refractivity contribution in [2.75, 3.05) is 6.61 Å². The lowest BCUT2D eigenvalue weighted by Crippen LogP contribution is -2.44. The first kappa shape index (κ1) is 21.9. The number of carbonyl (C=O) groups excluding carboxylic acids is 1. The number of aromatic amines is 1. The Kier molecular flexibility index (Phi) is 5.77. The molecular formula is C20H16F3N5O3. The highest BCUT2D eigenvalue weighted by atomic mass is 19.3. The molecule has 3 aromatic rings. The molecule has 31 heavy (non-hydrogen) atoms. The summed E-state index contributed by atoms with van der Waals surface area (Å²) in [5.41, 5.74) is -2.38. The topological polar surface area (TPSA) is 132 Å². The SMILES string of the molecule is Cc1nccc2[nH]c(=O)c(C(F)(F)C(=O)N[C@H](CO)c3ncc(C#N)cc3F)c(C)c12. The lowest BCUT2D eigenvalue weighted by atomic mass is 9.98. The fourth-order valence-corrected chi connectivity index (χ4v) is 3.33. The number of carbonyl (C=O) groups is 1. The van der Waals surface area contributed by atoms with Gasteiger partial charge in [0.2, 0.25) is 0 Å². The summed E-state index contributed by atoms with van der Waals surface area (Å²) < 4.78 is 44.3. The molecule has 3 rings (SSSR count). The smallest absolute Gasteiger partial charge is 0.355 e. The summed E-state index contributed by atoms with van der Waals surface area (Å²) in [6.07, 6.45) is 2.38. The van der Waals surface area contributed by atoms with Crippen LogP contribution in [0.4, 0.5) is 13.2 Å². The van der Waals surface area contributed by atoms with E-state index in [1.54, 1.807) is 13.0 Å². The number of amides is 1. The predicted molar refractivity (Wildman–Crippen MR) is 103 cm³/mol. The number of alkyl halides is 2. The van der Waals surface area contributed by atoms with Crippen LogP contribution in [0.5, 0.6) is 0 Å². The number of aryl methyl sites for hydroxylation is 2. The highest BCUT2D eigenvalue weighted by Gasteiger charge is 2.46. The Hall–Kier alpha value is -3.78. The van der Waals surface area contributed by atoms with Crippen LogP contribution in [-0.4, -0.2) is 32.6 Å². The van der Waals surface area contributed by atoms with Gasteiger partial charge in [-0.2, -0.15) is 14.0 Å². The maximum atomic E-state index is 15.1. The second-order valence-corrected chi connectivity index (χ2v) is 6.76. The molecule has 3 N–H and O–H groups in total. The molecule has 3 heterocycles. The van der Waals surface area contributed by atoms with Crippen molar-refractivity contribution in [1.82, 2.24) is 20.3 Å². The molecule has 0 fully saturated rings. The van der Waals surface area contributed by atoms with Crippen LogP contribution in [-0.2, 0) is 10.7 Å². The first-order valence-corrected chi connectivity index (χ1v) is 8.95. The highest BCUT2D eigenvalue weighted by molar-refractivity contribution is 5.90. The minimum atomic E-state index is -4.31. The molecule has 8 nitrogen and oxygen atoms in total. The van der Waals surface area contributed by atoms with Crippen LogP contribution >= 0.6 is 0 Å². The number of H-pyrrole nitrogens is 1. The number of pyridine rings is 3. The van der Waals surface area contributed by atoms with E-state index in [0.717, 1.165) is 12.3 Å². The van der Waals surface area contributed by atoms with Gasteiger partial charge in [0.25, 0.3) is 11.5 Å². The van der Waals surface area contributed by atoms with Gasteiger partial charge >= 0.3 is 5.92 Å². The Bertz CT molecular complexity index is 1280. The van der Waals surface area contributed by atoms with E-state index in [1.165, 1.54) is 19.2 Å². The number of nitriles is 1. The Morgan fingerprint density at radius 2 is 2.10 bits per heavy atom. The molecule has 160 valence electrons. The number of aliphatic hydroxyl groups excluding tert-OH is 1. The number of aromatic nitrogens is 3. The fourth-order valence-electron chi connectivity index (χ4n) is 3.33. The van der Waals surface area contributed by atoms with Crippen molar-refractivity contribution in [3.05, 3.63) is 68.8 Å². The number of aliphatic hydroxyl groups is 1. The first-order chi connectivity index (χ1) is 14.6. The van der Waals surface area contributed by atoms with Gasteiger partial charge in [0.1, 0.15) is 17.6 Å². The second-order valence-electron chi connectivity index (χ2n) is 6.76. The minimum absolute atomic E-state index is 0.128. The second kappa shape index (κ2) is 8.16. The maximum absolute atomic E-state index is 15.1. The van der Waals surface area contributed by atoms with Crippen molar-refractivity contribution in [1.29, 1.82) is 5.26 Å². The summed E-state index contributed by atoms with van der Waals surface area (Å²) in [7, 11) is 0. The molecule has 0 bridgehead atoms. The van der Waals surface area contributed by atoms with Crippen LogP contribution < -0.4 is 10.9 Å². The lowest BCUT2D eigenvalue weighted by Gasteiger charge is -2.22. The molecular weight excluding hydrogens is 415 g/mol. The van der Waals surface area contributed by atoms with E-state index < -0.39 is 47.1 Å². The van der Waals surface area contributed by atoms with Crippen LogP contribution in [0, 0.1) is 31.0 Å². The predicted octanol–water partition coefficient (Wildman–Crippen LogP) is 1.89. The number of nitrogens with zero attached hydrogens (tertiary/aromatic N) is 3. The Morgan fingerprint density at radius 1 is 1.39 bits per heavy atom. The van der Waals surface area contributed by atoms with Crippen LogP contribution in [0.2, 0.25) is 0 Å². The number of hydrogen-bond donors (Lipinski definition) is 3. The maximum Gasteiger partial charge on any atom is 0.355 e. The average Bonchev–Trinajstić information content (AvgIpc) is 2.71. The van der Waals surface area contributed by atoms with Crippen molar-refractivity contribution in [3.8, 4) is 6.07 Å². The summed E-state index contributed by atoms with van der Waals surface area (Å²) in [4.78, 5) is 34.8. The van der Waals surface area contributed by atoms with Gasteiger partial charge in [-0.25, -0.2) is 4.39 Å². The molecule has 0 spiro atoms. The van der Waals surface area contributed by atoms with E-state index in [0.29, 0.717) is 5.69 Å². The van der Waals surface area contributed by atoms with Crippen molar-refractivity contribution < 1.29 is 23.1 Å². The van der Waals surface area contributed by atoms with E-state index in [-0.39, 0.29) is 22.0 Å². The standard InChI is InChI=1S/C20H16F3N5O3/c1-9-15-10(2)25-4-3-13(15)27-18(30)16(9)20(22,23)19(31)28-14(8-29)17-12(21)5-11(6-24)7-26-17/h3-5,7,14,29H,8H2,1-2H3,(H,27,30)(H,28,31)/t14-/m1/s1. The molecule has 0 radical (unpaired) electrons. The quantitative estimate of drug-likeness (QED) is 0.565. The van der Waals surface area contributed by atoms with Gasteiger partial charge < -0.3 is 15.4 Å². The molecule has 0 unspecified atom stereocenters. The van der Waals surface area contributed by atoms with Crippen LogP contribution in [0.1, 0.15) is 34.1 Å². The summed E-state index contributed by atoms with van der Waals surface area (Å²) in [6.45, 7) is 1.89. The fraction of sp³-hybridized carbons (Fsp3) is 0.250. The summed E-state index contributed by atoms with van der Waals surface area (Å²) in [5, 5.41) is 20.3. The Balaban J connectivity index is 2.02. The van der Waals surface area contributed by atoms with Crippen LogP contribution in [0.15, 0.2) is 29.3 Å². The van der Waals surface area contributed by atoms with Crippen LogP contribution in [0.3, 0.4) is 0 Å². The summed E-state index contributed by atoms with van der Waals surface area (Å²) >= 11 is 0. The minimum Gasteiger partial charge on any atom is -0.394 e. The average molecular weight is 431 g/mol. The highest BCUT2D eigenvalue weighted by Crippen LogP contribution is 2.32. The third-order valence-corrected chi connectivity index (χ3v) is 4.78. The number of nitrogens with one attached hydrogen (secondary N) is 2. The van der Waals surface area contributed by atoms with Gasteiger partial charge in [-0.3, -0.25) is 19.6 Å². The van der Waals surface area contributed by atoms with Gasteiger partial charge in [-0.1, -0.05) is 0 Å². The molecule has 0 saturated heterocycles. The zero-order chi connectivity index (χ0) is 22.9. The third kappa shape index (κ3) is 3.85. The van der Waals surface area contributed by atoms with Crippen LogP contribution in [0.25, 0.3) is 10.9 Å². The van der Waals surface area contributed by atoms with E-state index in [9.17, 15) is 19.1 Å². The van der Waals surface area contributed by atoms with Crippen molar-refractivity contribution in [2.45, 2.75) is 25.8 Å².